The van der Waals surface area contributed by atoms with Gasteiger partial charge in [0.1, 0.15) is 5.25 Å². The molecule has 0 aliphatic heterocycles. The van der Waals surface area contributed by atoms with Crippen LogP contribution in [0.4, 0.5) is 11.4 Å². The van der Waals surface area contributed by atoms with Gasteiger partial charge in [0.05, 0.1) is 4.90 Å². The molecule has 0 radical (unpaired) electrons. The van der Waals surface area contributed by atoms with E-state index in [-0.39, 0.29) is 0 Å². The summed E-state index contributed by atoms with van der Waals surface area (Å²) in [7, 11) is -3.68. The lowest BCUT2D eigenvalue weighted by atomic mass is 9.98. The molecule has 0 aliphatic rings. The summed E-state index contributed by atoms with van der Waals surface area (Å²) >= 11 is 0. The van der Waals surface area contributed by atoms with Crippen molar-refractivity contribution in [3.05, 3.63) is 89.0 Å². The molecule has 3 rings (SSSR count). The predicted octanol–water partition coefficient (Wildman–Crippen LogP) is 8.12. The molecule has 0 N–H and O–H groups in total. The quantitative estimate of drug-likeness (QED) is 0.209. The summed E-state index contributed by atoms with van der Waals surface area (Å²) in [5.74, 6) is 0. The summed E-state index contributed by atoms with van der Waals surface area (Å²) in [6, 6.07) is 21.7. The predicted molar refractivity (Wildman–Crippen MR) is 163 cm³/mol. The van der Waals surface area contributed by atoms with Gasteiger partial charge in [0, 0.05) is 37.6 Å². The normalized spacial score (nSPS) is 12.4. The Labute approximate surface area is 231 Å². The molecule has 0 spiro atoms. The Morgan fingerprint density at radius 3 is 1.74 bits per heavy atom. The van der Waals surface area contributed by atoms with Crippen molar-refractivity contribution < 1.29 is 8.42 Å². The molecule has 3 aromatic carbocycles. The van der Waals surface area contributed by atoms with Gasteiger partial charge in [0.2, 0.25) is 0 Å². The number of anilines is 2. The van der Waals surface area contributed by atoms with Gasteiger partial charge in [0.25, 0.3) is 0 Å². The van der Waals surface area contributed by atoms with Crippen molar-refractivity contribution in [1.29, 1.82) is 0 Å². The minimum atomic E-state index is -3.68. The first-order valence-electron chi connectivity index (χ1n) is 14.3. The van der Waals surface area contributed by atoms with Crippen LogP contribution >= 0.6 is 0 Å². The largest absolute Gasteiger partial charge is 0.372 e. The Morgan fingerprint density at radius 2 is 1.24 bits per heavy atom. The minimum absolute atomic E-state index is 0.358. The molecule has 3 aromatic rings. The van der Waals surface area contributed by atoms with E-state index in [1.807, 2.05) is 44.2 Å². The van der Waals surface area contributed by atoms with Crippen LogP contribution in [0.25, 0.3) is 0 Å². The number of hydrogen-bond acceptors (Lipinski definition) is 4. The summed E-state index contributed by atoms with van der Waals surface area (Å²) in [6.07, 6.45) is 4.60. The van der Waals surface area contributed by atoms with Crippen molar-refractivity contribution in [2.24, 2.45) is 0 Å². The van der Waals surface area contributed by atoms with Crippen LogP contribution in [-0.4, -0.2) is 34.6 Å². The van der Waals surface area contributed by atoms with Crippen molar-refractivity contribution in [2.45, 2.75) is 77.4 Å². The second-order valence-electron chi connectivity index (χ2n) is 10.2. The minimum Gasteiger partial charge on any atom is -0.372 e. The summed E-state index contributed by atoms with van der Waals surface area (Å²) in [4.78, 5) is 5.08. The maximum absolute atomic E-state index is 14.2. The van der Waals surface area contributed by atoms with E-state index in [2.05, 4.69) is 61.8 Å². The Morgan fingerprint density at radius 1 is 0.684 bits per heavy atom. The Bertz CT molecular complexity index is 1240. The zero-order chi connectivity index (χ0) is 27.7. The highest BCUT2D eigenvalue weighted by Crippen LogP contribution is 2.38. The highest BCUT2D eigenvalue weighted by molar-refractivity contribution is 7.92. The maximum Gasteiger partial charge on any atom is 0.189 e. The van der Waals surface area contributed by atoms with Crippen molar-refractivity contribution in [2.75, 3.05) is 36.0 Å². The zero-order valence-electron chi connectivity index (χ0n) is 24.2. The number of aryl methyl sites for hydroxylation is 2. The third-order valence-corrected chi connectivity index (χ3v) is 9.52. The van der Waals surface area contributed by atoms with Crippen LogP contribution in [0.15, 0.2) is 71.6 Å². The van der Waals surface area contributed by atoms with E-state index in [0.29, 0.717) is 4.90 Å². The Balaban J connectivity index is 2.10. The van der Waals surface area contributed by atoms with Crippen LogP contribution in [0.1, 0.15) is 80.9 Å². The molecule has 0 saturated carbocycles. The highest BCUT2D eigenvalue weighted by atomic mass is 32.2. The van der Waals surface area contributed by atoms with Gasteiger partial charge in [-0.25, -0.2) is 8.42 Å². The number of benzene rings is 3. The summed E-state index contributed by atoms with van der Waals surface area (Å²) in [5, 5.41) is -0.773. The van der Waals surface area contributed by atoms with Gasteiger partial charge in [-0.1, -0.05) is 62.6 Å². The lowest BCUT2D eigenvalue weighted by molar-refractivity contribution is 0.589. The van der Waals surface area contributed by atoms with Crippen molar-refractivity contribution >= 4 is 21.2 Å². The number of rotatable bonds is 14. The molecule has 5 heteroatoms. The summed E-state index contributed by atoms with van der Waals surface area (Å²) in [6.45, 7) is 16.6. The molecule has 0 aromatic heterocycles. The molecule has 38 heavy (non-hydrogen) atoms. The molecule has 1 unspecified atom stereocenters. The molecule has 0 aliphatic carbocycles. The van der Waals surface area contributed by atoms with Crippen LogP contribution in [-0.2, 0) is 9.84 Å². The maximum atomic E-state index is 14.2. The van der Waals surface area contributed by atoms with Gasteiger partial charge in [-0.05, 0) is 93.6 Å². The smallest absolute Gasteiger partial charge is 0.189 e. The van der Waals surface area contributed by atoms with Gasteiger partial charge >= 0.3 is 0 Å². The van der Waals surface area contributed by atoms with Gasteiger partial charge < -0.3 is 9.80 Å². The molecule has 0 heterocycles. The van der Waals surface area contributed by atoms with Crippen LogP contribution in [0.5, 0.6) is 0 Å². The number of unbranched alkanes of at least 4 members (excludes halogenated alkanes) is 2. The van der Waals surface area contributed by atoms with Gasteiger partial charge in [-0.2, -0.15) is 0 Å². The molecule has 0 fully saturated rings. The standard InChI is InChI=1S/C33H46N2O2S/c1-7-11-23-35(24-12-8-2)29-17-15-28(16-18-29)33(38(36,37)31-20-13-26(5)14-21-31)32-22-19-30(25-27(32)6)34(9-3)10-4/h13-22,25,33H,7-12,23-24H2,1-6H3. The highest BCUT2D eigenvalue weighted by Gasteiger charge is 2.32. The number of sulfone groups is 1. The van der Waals surface area contributed by atoms with E-state index in [1.54, 1.807) is 12.1 Å². The molecular weight excluding hydrogens is 488 g/mol. The van der Waals surface area contributed by atoms with Crippen molar-refractivity contribution in [3.8, 4) is 0 Å². The van der Waals surface area contributed by atoms with Gasteiger partial charge in [-0.15, -0.1) is 0 Å². The average Bonchev–Trinajstić information content (AvgIpc) is 2.91. The van der Waals surface area contributed by atoms with E-state index in [0.717, 1.165) is 85.5 Å². The Kier molecular flexibility index (Phi) is 10.8. The number of nitrogens with zero attached hydrogens (tertiary/aromatic N) is 2. The molecule has 4 nitrogen and oxygen atoms in total. The lowest BCUT2D eigenvalue weighted by Gasteiger charge is -2.27. The van der Waals surface area contributed by atoms with E-state index >= 15 is 0 Å². The van der Waals surface area contributed by atoms with Crippen LogP contribution < -0.4 is 9.80 Å². The first-order chi connectivity index (χ1) is 18.3. The van der Waals surface area contributed by atoms with Crippen LogP contribution in [0.3, 0.4) is 0 Å². The van der Waals surface area contributed by atoms with Crippen molar-refractivity contribution in [1.82, 2.24) is 0 Å². The fourth-order valence-electron chi connectivity index (χ4n) is 5.06. The molecule has 0 saturated heterocycles. The lowest BCUT2D eigenvalue weighted by Crippen LogP contribution is -2.25. The van der Waals surface area contributed by atoms with Gasteiger partial charge in [-0.3, -0.25) is 0 Å². The third-order valence-electron chi connectivity index (χ3n) is 7.45. The first kappa shape index (κ1) is 29.8. The fourth-order valence-corrected chi connectivity index (χ4v) is 6.96. The van der Waals surface area contributed by atoms with E-state index < -0.39 is 15.1 Å². The van der Waals surface area contributed by atoms with E-state index in [4.69, 9.17) is 0 Å². The molecule has 206 valence electrons. The van der Waals surface area contributed by atoms with Gasteiger partial charge in [0.15, 0.2) is 9.84 Å². The van der Waals surface area contributed by atoms with Crippen LogP contribution in [0, 0.1) is 13.8 Å². The van der Waals surface area contributed by atoms with Crippen LogP contribution in [0.2, 0.25) is 0 Å². The number of hydrogen-bond donors (Lipinski definition) is 0. The topological polar surface area (TPSA) is 40.6 Å². The monoisotopic (exact) mass is 534 g/mol. The second-order valence-corrected chi connectivity index (χ2v) is 12.3. The molecular formula is C33H46N2O2S. The first-order valence-corrected chi connectivity index (χ1v) is 15.8. The third kappa shape index (κ3) is 6.99. The summed E-state index contributed by atoms with van der Waals surface area (Å²) < 4.78 is 28.4. The molecule has 1 atom stereocenters. The van der Waals surface area contributed by atoms with E-state index in [9.17, 15) is 8.42 Å². The van der Waals surface area contributed by atoms with Crippen molar-refractivity contribution in [3.63, 3.8) is 0 Å². The Hall–Kier alpha value is -2.79. The second kappa shape index (κ2) is 13.8. The molecule has 0 bridgehead atoms. The average molecular weight is 535 g/mol. The zero-order valence-corrected chi connectivity index (χ0v) is 25.0. The molecule has 0 amide bonds. The fraction of sp³-hybridized carbons (Fsp3) is 0.455. The summed E-state index contributed by atoms with van der Waals surface area (Å²) in [5.41, 5.74) is 5.97. The SMILES string of the molecule is CCCCN(CCCC)c1ccc(C(c2ccc(N(CC)CC)cc2C)S(=O)(=O)c2ccc(C)cc2)cc1. The van der Waals surface area contributed by atoms with E-state index in [1.165, 1.54) is 0 Å².